The zero-order chi connectivity index (χ0) is 19.6. The number of aryl methyl sites for hydroxylation is 1. The summed E-state index contributed by atoms with van der Waals surface area (Å²) in [5.41, 5.74) is 0.840. The smallest absolute Gasteiger partial charge is 0.263 e. The van der Waals surface area contributed by atoms with Crippen LogP contribution in [0.15, 0.2) is 64.1 Å². The van der Waals surface area contributed by atoms with Crippen molar-refractivity contribution in [2.75, 3.05) is 10.0 Å². The van der Waals surface area contributed by atoms with Gasteiger partial charge in [0.15, 0.2) is 0 Å². The maximum Gasteiger partial charge on any atom is 0.263 e. The minimum Gasteiger partial charge on any atom is -0.469 e. The number of amides is 1. The Balaban J connectivity index is 1.90. The molecule has 0 aliphatic heterocycles. The lowest BCUT2D eigenvalue weighted by molar-refractivity contribution is 0.102. The minimum atomic E-state index is -4.02. The van der Waals surface area contributed by atoms with Gasteiger partial charge in [-0.05, 0) is 43.3 Å². The van der Waals surface area contributed by atoms with E-state index < -0.39 is 15.9 Å². The van der Waals surface area contributed by atoms with Crippen molar-refractivity contribution < 1.29 is 17.6 Å². The Morgan fingerprint density at radius 3 is 2.44 bits per heavy atom. The van der Waals surface area contributed by atoms with Crippen molar-refractivity contribution in [1.82, 2.24) is 0 Å². The second-order valence-corrected chi connectivity index (χ2v) is 8.04. The molecule has 0 saturated heterocycles. The topological polar surface area (TPSA) is 88.4 Å². The summed E-state index contributed by atoms with van der Waals surface area (Å²) in [6.07, 6.45) is 1.40. The third-order valence-electron chi connectivity index (χ3n) is 3.70. The van der Waals surface area contributed by atoms with Crippen LogP contribution < -0.4 is 10.0 Å². The average Bonchev–Trinajstić information content (AvgIpc) is 3.04. The molecule has 3 rings (SSSR count). The van der Waals surface area contributed by atoms with Crippen molar-refractivity contribution in [2.45, 2.75) is 11.8 Å². The van der Waals surface area contributed by atoms with Crippen LogP contribution in [0.4, 0.5) is 11.4 Å². The first-order valence-electron chi connectivity index (χ1n) is 7.70. The Labute approximate surface area is 166 Å². The van der Waals surface area contributed by atoms with Crippen LogP contribution in [-0.2, 0) is 10.0 Å². The van der Waals surface area contributed by atoms with Crippen LogP contribution in [0.2, 0.25) is 10.0 Å². The Kier molecular flexibility index (Phi) is 5.46. The van der Waals surface area contributed by atoms with E-state index in [0.717, 1.165) is 0 Å². The lowest BCUT2D eigenvalue weighted by Crippen LogP contribution is -2.16. The van der Waals surface area contributed by atoms with E-state index in [4.69, 9.17) is 27.6 Å². The van der Waals surface area contributed by atoms with Crippen LogP contribution in [0.3, 0.4) is 0 Å². The quantitative estimate of drug-likeness (QED) is 0.606. The number of carbonyl (C=O) groups is 1. The van der Waals surface area contributed by atoms with Crippen molar-refractivity contribution in [1.29, 1.82) is 0 Å². The maximum atomic E-state index is 12.7. The maximum absolute atomic E-state index is 12.7. The van der Waals surface area contributed by atoms with Crippen molar-refractivity contribution in [3.05, 3.63) is 76.2 Å². The van der Waals surface area contributed by atoms with Gasteiger partial charge in [0.05, 0.1) is 27.6 Å². The number of para-hydroxylation sites is 1. The van der Waals surface area contributed by atoms with E-state index in [2.05, 4.69) is 10.0 Å². The number of benzene rings is 2. The van der Waals surface area contributed by atoms with Crippen molar-refractivity contribution in [3.8, 4) is 0 Å². The van der Waals surface area contributed by atoms with Gasteiger partial charge in [-0.1, -0.05) is 35.3 Å². The highest BCUT2D eigenvalue weighted by Crippen LogP contribution is 2.29. The molecule has 6 nitrogen and oxygen atoms in total. The molecule has 1 amide bonds. The molecule has 0 atom stereocenters. The summed E-state index contributed by atoms with van der Waals surface area (Å²) in [5.74, 6) is 0.0284. The SMILES string of the molecule is Cc1occc1C(=O)Nc1ccc(Cl)c(S(=O)(=O)Nc2ccccc2Cl)c1. The molecule has 0 saturated carbocycles. The molecule has 9 heteroatoms. The van der Waals surface area contributed by atoms with Crippen LogP contribution >= 0.6 is 23.2 Å². The Bertz CT molecular complexity index is 1110. The summed E-state index contributed by atoms with van der Waals surface area (Å²) in [4.78, 5) is 12.1. The number of furan rings is 1. The normalized spacial score (nSPS) is 11.2. The molecule has 0 unspecified atom stereocenters. The van der Waals surface area contributed by atoms with E-state index in [1.54, 1.807) is 25.1 Å². The van der Waals surface area contributed by atoms with Crippen LogP contribution in [0.5, 0.6) is 0 Å². The highest BCUT2D eigenvalue weighted by molar-refractivity contribution is 7.92. The monoisotopic (exact) mass is 424 g/mol. The number of rotatable bonds is 5. The summed E-state index contributed by atoms with van der Waals surface area (Å²) in [5, 5.41) is 2.88. The van der Waals surface area contributed by atoms with Gasteiger partial charge in [-0.25, -0.2) is 8.42 Å². The van der Waals surface area contributed by atoms with Crippen molar-refractivity contribution in [3.63, 3.8) is 0 Å². The first-order chi connectivity index (χ1) is 12.8. The predicted octanol–water partition coefficient (Wildman–Crippen LogP) is 4.95. The molecule has 0 aliphatic rings. The number of hydrogen-bond donors (Lipinski definition) is 2. The van der Waals surface area contributed by atoms with E-state index in [-0.39, 0.29) is 26.3 Å². The summed E-state index contributed by atoms with van der Waals surface area (Å²) in [7, 11) is -4.02. The van der Waals surface area contributed by atoms with Crippen LogP contribution in [0.1, 0.15) is 16.1 Å². The molecule has 2 N–H and O–H groups in total. The minimum absolute atomic E-state index is 0.00652. The second-order valence-electron chi connectivity index (χ2n) is 5.58. The molecule has 140 valence electrons. The molecule has 0 spiro atoms. The van der Waals surface area contributed by atoms with Crippen LogP contribution in [-0.4, -0.2) is 14.3 Å². The average molecular weight is 425 g/mol. The second kappa shape index (κ2) is 7.64. The summed E-state index contributed by atoms with van der Waals surface area (Å²) in [6, 6.07) is 12.1. The molecule has 1 heterocycles. The third kappa shape index (κ3) is 4.27. The molecule has 0 fully saturated rings. The lowest BCUT2D eigenvalue weighted by Gasteiger charge is -2.12. The fourth-order valence-electron chi connectivity index (χ4n) is 2.35. The highest BCUT2D eigenvalue weighted by Gasteiger charge is 2.21. The largest absolute Gasteiger partial charge is 0.469 e. The summed E-state index contributed by atoms with van der Waals surface area (Å²) in [6.45, 7) is 1.65. The molecule has 3 aromatic rings. The number of halogens is 2. The van der Waals surface area contributed by atoms with Gasteiger partial charge >= 0.3 is 0 Å². The van der Waals surface area contributed by atoms with E-state index in [1.807, 2.05) is 0 Å². The van der Waals surface area contributed by atoms with Gasteiger partial charge in [0.1, 0.15) is 10.7 Å². The summed E-state index contributed by atoms with van der Waals surface area (Å²) >= 11 is 12.1. The number of sulfonamides is 1. The standard InChI is InChI=1S/C18H14Cl2N2O4S/c1-11-13(8-9-26-11)18(23)21-12-6-7-15(20)17(10-12)27(24,25)22-16-5-3-2-4-14(16)19/h2-10,22H,1H3,(H,21,23). The Hall–Kier alpha value is -2.48. The third-order valence-corrected chi connectivity index (χ3v) is 5.88. The van der Waals surface area contributed by atoms with Crippen molar-refractivity contribution in [2.24, 2.45) is 0 Å². The van der Waals surface area contributed by atoms with Gasteiger partial charge in [0.2, 0.25) is 0 Å². The van der Waals surface area contributed by atoms with Crippen molar-refractivity contribution >= 4 is 50.5 Å². The molecular formula is C18H14Cl2N2O4S. The van der Waals surface area contributed by atoms with Gasteiger partial charge < -0.3 is 9.73 Å². The molecule has 0 radical (unpaired) electrons. The molecule has 1 aromatic heterocycles. The van der Waals surface area contributed by atoms with E-state index >= 15 is 0 Å². The molecule has 0 aliphatic carbocycles. The zero-order valence-corrected chi connectivity index (χ0v) is 16.3. The van der Waals surface area contributed by atoms with E-state index in [9.17, 15) is 13.2 Å². The fourth-order valence-corrected chi connectivity index (χ4v) is 4.20. The molecule has 0 bridgehead atoms. The number of carbonyl (C=O) groups excluding carboxylic acids is 1. The number of anilines is 2. The first-order valence-corrected chi connectivity index (χ1v) is 9.94. The molecule has 2 aromatic carbocycles. The van der Waals surface area contributed by atoms with E-state index in [1.165, 1.54) is 36.6 Å². The molecular weight excluding hydrogens is 411 g/mol. The van der Waals surface area contributed by atoms with Gasteiger partial charge in [-0.3, -0.25) is 9.52 Å². The van der Waals surface area contributed by atoms with Gasteiger partial charge in [0, 0.05) is 5.69 Å². The fraction of sp³-hybridized carbons (Fsp3) is 0.0556. The Morgan fingerprint density at radius 1 is 1.04 bits per heavy atom. The molecule has 27 heavy (non-hydrogen) atoms. The van der Waals surface area contributed by atoms with Crippen LogP contribution in [0.25, 0.3) is 0 Å². The first kappa shape index (κ1) is 19.3. The number of nitrogens with one attached hydrogen (secondary N) is 2. The van der Waals surface area contributed by atoms with E-state index in [0.29, 0.717) is 11.3 Å². The Morgan fingerprint density at radius 2 is 1.78 bits per heavy atom. The zero-order valence-electron chi connectivity index (χ0n) is 14.0. The highest BCUT2D eigenvalue weighted by atomic mass is 35.5. The summed E-state index contributed by atoms with van der Waals surface area (Å²) < 4.78 is 32.9. The lowest BCUT2D eigenvalue weighted by atomic mass is 10.2. The van der Waals surface area contributed by atoms with Gasteiger partial charge in [0.25, 0.3) is 15.9 Å². The number of hydrogen-bond acceptors (Lipinski definition) is 4. The predicted molar refractivity (Wildman–Crippen MR) is 105 cm³/mol. The van der Waals surface area contributed by atoms with Gasteiger partial charge in [-0.2, -0.15) is 0 Å². The van der Waals surface area contributed by atoms with Crippen LogP contribution in [0, 0.1) is 6.92 Å². The van der Waals surface area contributed by atoms with Gasteiger partial charge in [-0.15, -0.1) is 0 Å².